The summed E-state index contributed by atoms with van der Waals surface area (Å²) in [5.41, 5.74) is 0.246. The number of hydrogen-bond donors (Lipinski definition) is 0. The van der Waals surface area contributed by atoms with Gasteiger partial charge in [-0.2, -0.15) is 0 Å². The summed E-state index contributed by atoms with van der Waals surface area (Å²) >= 11 is 0. The maximum atomic E-state index is 11.5. The Labute approximate surface area is 69.2 Å². The maximum Gasteiger partial charge on any atom is 0.139 e. The minimum Gasteiger partial charge on any atom is -0.299 e. The van der Waals surface area contributed by atoms with Gasteiger partial charge in [-0.3, -0.25) is 4.79 Å². The van der Waals surface area contributed by atoms with Crippen LogP contribution in [0.3, 0.4) is 0 Å². The molecule has 0 radical (unpaired) electrons. The third-order valence-electron chi connectivity index (χ3n) is 2.36. The molecule has 0 N–H and O–H groups in total. The molecule has 1 fully saturated rings. The van der Waals surface area contributed by atoms with Gasteiger partial charge in [-0.1, -0.05) is 27.7 Å². The summed E-state index contributed by atoms with van der Waals surface area (Å²) < 4.78 is 0. The van der Waals surface area contributed by atoms with Crippen molar-refractivity contribution in [1.82, 2.24) is 0 Å². The molecule has 0 aliphatic heterocycles. The molecule has 11 heavy (non-hydrogen) atoms. The van der Waals surface area contributed by atoms with Gasteiger partial charge in [0.25, 0.3) is 0 Å². The highest BCUT2D eigenvalue weighted by Crippen LogP contribution is 2.47. The highest BCUT2D eigenvalue weighted by molar-refractivity contribution is 5.87. The van der Waals surface area contributed by atoms with Gasteiger partial charge in [-0.05, 0) is 18.3 Å². The van der Waals surface area contributed by atoms with Crippen LogP contribution >= 0.6 is 0 Å². The van der Waals surface area contributed by atoms with Crippen LogP contribution in [0.1, 0.15) is 47.0 Å². The topological polar surface area (TPSA) is 17.1 Å². The fourth-order valence-corrected chi connectivity index (χ4v) is 1.16. The first-order valence-corrected chi connectivity index (χ1v) is 4.37. The maximum absolute atomic E-state index is 11.5. The first-order valence-electron chi connectivity index (χ1n) is 4.37. The van der Waals surface area contributed by atoms with Crippen LogP contribution in [0, 0.1) is 10.8 Å². The molecule has 0 heterocycles. The third-order valence-corrected chi connectivity index (χ3v) is 2.36. The molecule has 0 unspecified atom stereocenters. The Morgan fingerprint density at radius 1 is 1.36 bits per heavy atom. The Bertz CT molecular complexity index is 170. The van der Waals surface area contributed by atoms with Crippen molar-refractivity contribution in [3.05, 3.63) is 0 Å². The van der Waals surface area contributed by atoms with Crippen molar-refractivity contribution >= 4 is 5.78 Å². The summed E-state index contributed by atoms with van der Waals surface area (Å²) in [6.07, 6.45) is 2.97. The highest BCUT2D eigenvalue weighted by Gasteiger charge is 2.44. The van der Waals surface area contributed by atoms with E-state index in [1.54, 1.807) is 0 Å². The van der Waals surface area contributed by atoms with Gasteiger partial charge in [0.2, 0.25) is 0 Å². The van der Waals surface area contributed by atoms with E-state index >= 15 is 0 Å². The second-order valence-corrected chi connectivity index (χ2v) is 5.22. The third kappa shape index (κ3) is 2.32. The second-order valence-electron chi connectivity index (χ2n) is 5.22. The Hall–Kier alpha value is -0.330. The largest absolute Gasteiger partial charge is 0.299 e. The van der Waals surface area contributed by atoms with Crippen LogP contribution in [0.4, 0.5) is 0 Å². The summed E-state index contributed by atoms with van der Waals surface area (Å²) in [6, 6.07) is 0. The van der Waals surface area contributed by atoms with Gasteiger partial charge >= 0.3 is 0 Å². The zero-order chi connectivity index (χ0) is 8.70. The predicted octanol–water partition coefficient (Wildman–Crippen LogP) is 2.79. The molecule has 0 saturated heterocycles. The number of carbonyl (C=O) groups is 1. The molecular formula is C10H18O. The first-order chi connectivity index (χ1) is 4.83. The van der Waals surface area contributed by atoms with Gasteiger partial charge < -0.3 is 0 Å². The van der Waals surface area contributed by atoms with Gasteiger partial charge in [0.05, 0.1) is 0 Å². The van der Waals surface area contributed by atoms with Crippen molar-refractivity contribution in [2.45, 2.75) is 47.0 Å². The van der Waals surface area contributed by atoms with Gasteiger partial charge in [-0.25, -0.2) is 0 Å². The van der Waals surface area contributed by atoms with Crippen molar-refractivity contribution in [1.29, 1.82) is 0 Å². The predicted molar refractivity (Wildman–Crippen MR) is 46.4 cm³/mol. The van der Waals surface area contributed by atoms with E-state index in [9.17, 15) is 4.79 Å². The van der Waals surface area contributed by atoms with Crippen LogP contribution in [0.2, 0.25) is 0 Å². The molecule has 0 bridgehead atoms. The Morgan fingerprint density at radius 2 is 1.82 bits per heavy atom. The number of rotatable bonds is 2. The molecule has 0 aromatic heterocycles. The molecule has 64 valence electrons. The zero-order valence-corrected chi connectivity index (χ0v) is 8.03. The molecule has 1 heteroatoms. The molecular weight excluding hydrogens is 136 g/mol. The van der Waals surface area contributed by atoms with E-state index in [2.05, 4.69) is 27.7 Å². The van der Waals surface area contributed by atoms with E-state index < -0.39 is 0 Å². The minimum atomic E-state index is 0.0767. The lowest BCUT2D eigenvalue weighted by molar-refractivity contribution is -0.125. The van der Waals surface area contributed by atoms with E-state index in [-0.39, 0.29) is 10.8 Å². The average molecular weight is 154 g/mol. The minimum absolute atomic E-state index is 0.0767. The lowest BCUT2D eigenvalue weighted by Gasteiger charge is -2.19. The van der Waals surface area contributed by atoms with E-state index in [1.165, 1.54) is 0 Å². The number of carbonyl (C=O) groups excluding carboxylic acids is 1. The molecule has 1 saturated carbocycles. The number of Topliss-reactive ketones (excluding diaryl/α,β-unsaturated/α-hetero) is 1. The van der Waals surface area contributed by atoms with Crippen LogP contribution in [0.25, 0.3) is 0 Å². The van der Waals surface area contributed by atoms with Crippen molar-refractivity contribution < 1.29 is 4.79 Å². The number of ketones is 1. The van der Waals surface area contributed by atoms with Crippen molar-refractivity contribution in [2.75, 3.05) is 0 Å². The van der Waals surface area contributed by atoms with Crippen LogP contribution in [0.15, 0.2) is 0 Å². The smallest absolute Gasteiger partial charge is 0.139 e. The van der Waals surface area contributed by atoms with Crippen LogP contribution < -0.4 is 0 Å². The van der Waals surface area contributed by atoms with E-state index in [0.29, 0.717) is 5.78 Å². The lowest BCUT2D eigenvalue weighted by atomic mass is 9.85. The molecule has 1 rings (SSSR count). The number of hydrogen-bond acceptors (Lipinski definition) is 1. The van der Waals surface area contributed by atoms with Crippen molar-refractivity contribution in [3.8, 4) is 0 Å². The van der Waals surface area contributed by atoms with Gasteiger partial charge in [-0.15, -0.1) is 0 Å². The Kier molecular flexibility index (Phi) is 1.85. The highest BCUT2D eigenvalue weighted by atomic mass is 16.1. The summed E-state index contributed by atoms with van der Waals surface area (Å²) in [6.45, 7) is 8.45. The standard InChI is InChI=1S/C10H18O/c1-9(2,3)7-8(11)10(4)5-6-10/h5-7H2,1-4H3. The Morgan fingerprint density at radius 3 is 2.09 bits per heavy atom. The lowest BCUT2D eigenvalue weighted by Crippen LogP contribution is -2.19. The normalized spacial score (nSPS) is 21.5. The molecule has 0 spiro atoms. The molecule has 0 amide bonds. The van der Waals surface area contributed by atoms with E-state index in [4.69, 9.17) is 0 Å². The van der Waals surface area contributed by atoms with Crippen molar-refractivity contribution in [2.24, 2.45) is 10.8 Å². The van der Waals surface area contributed by atoms with Crippen molar-refractivity contribution in [3.63, 3.8) is 0 Å². The van der Waals surface area contributed by atoms with Gasteiger partial charge in [0.15, 0.2) is 0 Å². The fourth-order valence-electron chi connectivity index (χ4n) is 1.16. The van der Waals surface area contributed by atoms with Crippen LogP contribution in [-0.2, 0) is 4.79 Å². The second kappa shape index (κ2) is 2.33. The quantitative estimate of drug-likeness (QED) is 0.597. The van der Waals surface area contributed by atoms with Crippen LogP contribution in [-0.4, -0.2) is 5.78 Å². The molecule has 0 aromatic rings. The Balaban J connectivity index is 2.45. The monoisotopic (exact) mass is 154 g/mol. The molecule has 0 atom stereocenters. The van der Waals surface area contributed by atoms with Gasteiger partial charge in [0, 0.05) is 11.8 Å². The van der Waals surface area contributed by atoms with Crippen LogP contribution in [0.5, 0.6) is 0 Å². The van der Waals surface area contributed by atoms with E-state index in [1.807, 2.05) is 0 Å². The zero-order valence-electron chi connectivity index (χ0n) is 8.03. The van der Waals surface area contributed by atoms with Gasteiger partial charge in [0.1, 0.15) is 5.78 Å². The fraction of sp³-hybridized carbons (Fsp3) is 0.900. The summed E-state index contributed by atoms with van der Waals surface area (Å²) in [5, 5.41) is 0. The SMILES string of the molecule is CC(C)(C)CC(=O)C1(C)CC1. The molecule has 1 aliphatic carbocycles. The summed E-state index contributed by atoms with van der Waals surface area (Å²) in [4.78, 5) is 11.5. The van der Waals surface area contributed by atoms with E-state index in [0.717, 1.165) is 19.3 Å². The molecule has 0 aromatic carbocycles. The first kappa shape index (κ1) is 8.76. The molecule has 1 nitrogen and oxygen atoms in total. The average Bonchev–Trinajstić information content (AvgIpc) is 2.44. The summed E-state index contributed by atoms with van der Waals surface area (Å²) in [5.74, 6) is 0.463. The summed E-state index contributed by atoms with van der Waals surface area (Å²) in [7, 11) is 0. The molecule has 1 aliphatic rings.